The predicted octanol–water partition coefficient (Wildman–Crippen LogP) is 2.89. The third kappa shape index (κ3) is 7.16. The van der Waals surface area contributed by atoms with E-state index in [1.165, 1.54) is 12.8 Å². The second-order valence-electron chi connectivity index (χ2n) is 4.56. The van der Waals surface area contributed by atoms with Gasteiger partial charge in [0, 0.05) is 12.1 Å². The Hall–Kier alpha value is -0.830. The number of rotatable bonds is 10. The predicted molar refractivity (Wildman–Crippen MR) is 73.6 cm³/mol. The molecule has 0 atom stereocenters. The van der Waals surface area contributed by atoms with Crippen molar-refractivity contribution in [1.82, 2.24) is 0 Å². The van der Waals surface area contributed by atoms with E-state index in [4.69, 9.17) is 11.5 Å². The van der Waals surface area contributed by atoms with Crippen molar-refractivity contribution < 1.29 is 4.79 Å². The highest BCUT2D eigenvalue weighted by atomic mass is 16.1. The molecule has 17 heavy (non-hydrogen) atoms. The van der Waals surface area contributed by atoms with Crippen LogP contribution in [0.3, 0.4) is 0 Å². The minimum atomic E-state index is -0.280. The van der Waals surface area contributed by atoms with Gasteiger partial charge in [-0.2, -0.15) is 0 Å². The zero-order valence-electron chi connectivity index (χ0n) is 11.4. The molecule has 0 aliphatic rings. The number of carbonyl (C=O) groups excluding carboxylic acids is 1. The zero-order valence-corrected chi connectivity index (χ0v) is 11.4. The van der Waals surface area contributed by atoms with Gasteiger partial charge in [-0.05, 0) is 31.3 Å². The van der Waals surface area contributed by atoms with Crippen molar-refractivity contribution in [2.24, 2.45) is 11.5 Å². The van der Waals surface area contributed by atoms with Gasteiger partial charge in [0.25, 0.3) is 0 Å². The summed E-state index contributed by atoms with van der Waals surface area (Å²) in [6, 6.07) is 0. The van der Waals surface area contributed by atoms with Crippen LogP contribution in [0.2, 0.25) is 0 Å². The molecule has 0 unspecified atom stereocenters. The second-order valence-corrected chi connectivity index (χ2v) is 4.56. The Balaban J connectivity index is 4.48. The summed E-state index contributed by atoms with van der Waals surface area (Å²) in [7, 11) is 0. The lowest BCUT2D eigenvalue weighted by Crippen LogP contribution is -2.19. The maximum absolute atomic E-state index is 11.4. The monoisotopic (exact) mass is 240 g/mol. The van der Waals surface area contributed by atoms with E-state index in [0.717, 1.165) is 49.7 Å². The van der Waals surface area contributed by atoms with Crippen LogP contribution in [-0.2, 0) is 4.79 Å². The van der Waals surface area contributed by atoms with E-state index < -0.39 is 0 Å². The highest BCUT2D eigenvalue weighted by molar-refractivity contribution is 5.92. The smallest absolute Gasteiger partial charge is 0.244 e. The summed E-state index contributed by atoms with van der Waals surface area (Å²) in [6.07, 6.45) is 8.52. The molecule has 0 bridgehead atoms. The van der Waals surface area contributed by atoms with Gasteiger partial charge in [-0.15, -0.1) is 0 Å². The Labute approximate surface area is 106 Å². The minimum Gasteiger partial charge on any atom is -0.366 e. The number of amides is 1. The summed E-state index contributed by atoms with van der Waals surface area (Å²) in [5, 5.41) is 0. The van der Waals surface area contributed by atoms with Crippen LogP contribution in [0.15, 0.2) is 11.1 Å². The second kappa shape index (κ2) is 10.3. The number of hydrogen-bond donors (Lipinski definition) is 2. The Morgan fingerprint density at radius 2 is 1.47 bits per heavy atom. The molecule has 3 nitrogen and oxygen atoms in total. The van der Waals surface area contributed by atoms with Gasteiger partial charge in [-0.25, -0.2) is 0 Å². The fourth-order valence-electron chi connectivity index (χ4n) is 1.99. The Morgan fingerprint density at radius 3 is 1.88 bits per heavy atom. The first-order valence-corrected chi connectivity index (χ1v) is 6.88. The summed E-state index contributed by atoms with van der Waals surface area (Å²) >= 11 is 0. The summed E-state index contributed by atoms with van der Waals surface area (Å²) in [6.45, 7) is 4.79. The van der Waals surface area contributed by atoms with Gasteiger partial charge in [0.05, 0.1) is 0 Å². The van der Waals surface area contributed by atoms with Gasteiger partial charge >= 0.3 is 0 Å². The molecule has 0 aliphatic heterocycles. The normalized spacial score (nSPS) is 12.4. The van der Waals surface area contributed by atoms with Crippen molar-refractivity contribution in [2.45, 2.75) is 65.2 Å². The zero-order chi connectivity index (χ0) is 13.1. The van der Waals surface area contributed by atoms with Crippen LogP contribution in [0.5, 0.6) is 0 Å². The topological polar surface area (TPSA) is 69.1 Å². The van der Waals surface area contributed by atoms with Crippen LogP contribution in [-0.4, -0.2) is 12.5 Å². The molecule has 0 rings (SSSR count). The van der Waals surface area contributed by atoms with E-state index in [1.54, 1.807) is 0 Å². The number of carbonyl (C=O) groups is 1. The van der Waals surface area contributed by atoms with Gasteiger partial charge in [0.15, 0.2) is 0 Å². The highest BCUT2D eigenvalue weighted by Gasteiger charge is 2.10. The van der Waals surface area contributed by atoms with Crippen molar-refractivity contribution in [3.8, 4) is 0 Å². The standard InChI is InChI=1S/C14H28N2O/c1-3-5-7-9-12(11-15)13(14(16)17)10-8-6-4-2/h3-11,15H2,1-2H3,(H2,16,17)/b13-12+. The first-order valence-electron chi connectivity index (χ1n) is 6.88. The van der Waals surface area contributed by atoms with Crippen LogP contribution in [0.1, 0.15) is 65.2 Å². The van der Waals surface area contributed by atoms with E-state index in [2.05, 4.69) is 13.8 Å². The number of nitrogens with two attached hydrogens (primary N) is 2. The molecule has 100 valence electrons. The van der Waals surface area contributed by atoms with Gasteiger partial charge < -0.3 is 11.5 Å². The first-order chi connectivity index (χ1) is 8.17. The summed E-state index contributed by atoms with van der Waals surface area (Å²) in [4.78, 5) is 11.4. The molecule has 0 saturated heterocycles. The van der Waals surface area contributed by atoms with Crippen LogP contribution < -0.4 is 11.5 Å². The largest absolute Gasteiger partial charge is 0.366 e. The molecule has 1 amide bonds. The molecule has 0 aromatic carbocycles. The van der Waals surface area contributed by atoms with Gasteiger partial charge in [0.1, 0.15) is 0 Å². The fraction of sp³-hybridized carbons (Fsp3) is 0.786. The molecule has 0 saturated carbocycles. The lowest BCUT2D eigenvalue weighted by molar-refractivity contribution is -0.114. The lowest BCUT2D eigenvalue weighted by Gasteiger charge is -2.11. The van der Waals surface area contributed by atoms with E-state index in [-0.39, 0.29) is 5.91 Å². The Kier molecular flexibility index (Phi) is 9.83. The minimum absolute atomic E-state index is 0.280. The van der Waals surface area contributed by atoms with Crippen molar-refractivity contribution >= 4 is 5.91 Å². The Morgan fingerprint density at radius 1 is 0.941 bits per heavy atom. The molecule has 4 N–H and O–H groups in total. The molecule has 0 aliphatic carbocycles. The van der Waals surface area contributed by atoms with Crippen molar-refractivity contribution in [1.29, 1.82) is 0 Å². The molecule has 3 heteroatoms. The quantitative estimate of drug-likeness (QED) is 0.455. The lowest BCUT2D eigenvalue weighted by atomic mass is 9.97. The Bertz CT molecular complexity index is 247. The highest BCUT2D eigenvalue weighted by Crippen LogP contribution is 2.18. The van der Waals surface area contributed by atoms with Crippen LogP contribution in [0, 0.1) is 0 Å². The SMILES string of the molecule is CCCCC/C(CN)=C(/CCCCC)C(N)=O. The fourth-order valence-corrected chi connectivity index (χ4v) is 1.99. The van der Waals surface area contributed by atoms with Crippen molar-refractivity contribution in [3.05, 3.63) is 11.1 Å². The number of unbranched alkanes of at least 4 members (excludes halogenated alkanes) is 4. The van der Waals surface area contributed by atoms with Crippen LogP contribution >= 0.6 is 0 Å². The third-order valence-corrected chi connectivity index (χ3v) is 3.08. The molecular formula is C14H28N2O. The average molecular weight is 240 g/mol. The van der Waals surface area contributed by atoms with Gasteiger partial charge in [0.2, 0.25) is 5.91 Å². The van der Waals surface area contributed by atoms with Crippen molar-refractivity contribution in [3.63, 3.8) is 0 Å². The van der Waals surface area contributed by atoms with Crippen LogP contribution in [0.25, 0.3) is 0 Å². The molecule has 0 heterocycles. The first kappa shape index (κ1) is 16.2. The summed E-state index contributed by atoms with van der Waals surface area (Å²) < 4.78 is 0. The summed E-state index contributed by atoms with van der Waals surface area (Å²) in [5.74, 6) is -0.280. The van der Waals surface area contributed by atoms with E-state index in [0.29, 0.717) is 6.54 Å². The number of hydrogen-bond acceptors (Lipinski definition) is 2. The van der Waals surface area contributed by atoms with E-state index in [1.807, 2.05) is 0 Å². The molecule has 0 fully saturated rings. The van der Waals surface area contributed by atoms with Crippen molar-refractivity contribution in [2.75, 3.05) is 6.54 Å². The maximum Gasteiger partial charge on any atom is 0.244 e. The van der Waals surface area contributed by atoms with Gasteiger partial charge in [-0.1, -0.05) is 39.5 Å². The molecular weight excluding hydrogens is 212 g/mol. The maximum atomic E-state index is 11.4. The van der Waals surface area contributed by atoms with Crippen LogP contribution in [0.4, 0.5) is 0 Å². The summed E-state index contributed by atoms with van der Waals surface area (Å²) in [5.41, 5.74) is 13.0. The number of primary amides is 1. The average Bonchev–Trinajstić information content (AvgIpc) is 2.31. The van der Waals surface area contributed by atoms with E-state index in [9.17, 15) is 4.79 Å². The molecule has 0 aromatic rings. The van der Waals surface area contributed by atoms with E-state index >= 15 is 0 Å². The van der Waals surface area contributed by atoms with Gasteiger partial charge in [-0.3, -0.25) is 4.79 Å². The molecule has 0 aromatic heterocycles. The third-order valence-electron chi connectivity index (χ3n) is 3.08. The molecule has 0 spiro atoms. The molecule has 0 radical (unpaired) electrons.